The van der Waals surface area contributed by atoms with Crippen molar-refractivity contribution in [1.29, 1.82) is 0 Å². The van der Waals surface area contributed by atoms with Crippen LogP contribution in [0.5, 0.6) is 0 Å². The van der Waals surface area contributed by atoms with E-state index in [0.29, 0.717) is 5.75 Å². The fourth-order valence-electron chi connectivity index (χ4n) is 0.536. The molecule has 1 aromatic rings. The van der Waals surface area contributed by atoms with Gasteiger partial charge in [-0.1, -0.05) is 17.8 Å². The zero-order valence-electron chi connectivity index (χ0n) is 5.28. The molecule has 0 atom stereocenters. The van der Waals surface area contributed by atoms with Gasteiger partial charge in [0.1, 0.15) is 0 Å². The van der Waals surface area contributed by atoms with Gasteiger partial charge in [0.2, 0.25) is 6.29 Å². The maximum atomic E-state index is 9.80. The molecule has 1 rings (SSSR count). The van der Waals surface area contributed by atoms with Crippen molar-refractivity contribution in [3.63, 3.8) is 0 Å². The van der Waals surface area contributed by atoms with Crippen LogP contribution in [0.3, 0.4) is 0 Å². The van der Waals surface area contributed by atoms with Gasteiger partial charge in [0.15, 0.2) is 0 Å². The van der Waals surface area contributed by atoms with Crippen LogP contribution in [0, 0.1) is 0 Å². The third-order valence-electron chi connectivity index (χ3n) is 0.917. The normalized spacial score (nSPS) is 9.20. The Morgan fingerprint density at radius 1 is 1.60 bits per heavy atom. The Bertz CT molecular complexity index is 200. The number of carbonyl (C=O) groups excluding carboxylic acids is 1. The van der Waals surface area contributed by atoms with Crippen LogP contribution in [-0.4, -0.2) is 17.0 Å². The molecular weight excluding hydrogens is 146 g/mol. The summed E-state index contributed by atoms with van der Waals surface area (Å²) >= 11 is 1.39. The van der Waals surface area contributed by atoms with Crippen molar-refractivity contribution in [1.82, 2.24) is 4.98 Å². The molecule has 0 saturated carbocycles. The molecule has 2 nitrogen and oxygen atoms in total. The molecule has 0 bridgehead atoms. The molecular formula is C7H6NOS. The molecule has 0 aromatic carbocycles. The number of pyridine rings is 1. The van der Waals surface area contributed by atoms with Crippen molar-refractivity contribution in [3.05, 3.63) is 24.4 Å². The second kappa shape index (κ2) is 4.06. The maximum absolute atomic E-state index is 9.80. The van der Waals surface area contributed by atoms with E-state index in [0.717, 1.165) is 5.03 Å². The van der Waals surface area contributed by atoms with Crippen molar-refractivity contribution < 1.29 is 4.79 Å². The first-order valence-electron chi connectivity index (χ1n) is 2.82. The quantitative estimate of drug-likeness (QED) is 0.611. The Hall–Kier alpha value is -0.830. The van der Waals surface area contributed by atoms with E-state index in [2.05, 4.69) is 4.98 Å². The molecule has 3 heteroatoms. The third kappa shape index (κ3) is 2.19. The van der Waals surface area contributed by atoms with E-state index >= 15 is 0 Å². The SMILES string of the molecule is O=[C]CSc1ccccn1. The number of nitrogens with zero attached hydrogens (tertiary/aromatic N) is 1. The Labute approximate surface area is 63.7 Å². The lowest BCUT2D eigenvalue weighted by Gasteiger charge is -1.91. The van der Waals surface area contributed by atoms with Crippen molar-refractivity contribution in [2.75, 3.05) is 5.75 Å². The zero-order valence-corrected chi connectivity index (χ0v) is 6.10. The minimum atomic E-state index is 0.358. The largest absolute Gasteiger partial charge is 0.290 e. The molecule has 1 heterocycles. The fraction of sp³-hybridized carbons (Fsp3) is 0.143. The van der Waals surface area contributed by atoms with Crippen LogP contribution in [0.4, 0.5) is 0 Å². The minimum absolute atomic E-state index is 0.358. The van der Waals surface area contributed by atoms with Gasteiger partial charge in [-0.25, -0.2) is 4.98 Å². The Morgan fingerprint density at radius 3 is 3.10 bits per heavy atom. The third-order valence-corrected chi connectivity index (χ3v) is 1.72. The first kappa shape index (κ1) is 7.28. The van der Waals surface area contributed by atoms with Crippen LogP contribution < -0.4 is 0 Å². The van der Waals surface area contributed by atoms with Gasteiger partial charge in [-0.15, -0.1) is 0 Å². The van der Waals surface area contributed by atoms with Crippen LogP contribution in [0.25, 0.3) is 0 Å². The Balaban J connectivity index is 2.50. The summed E-state index contributed by atoms with van der Waals surface area (Å²) in [6.45, 7) is 0. The predicted molar refractivity (Wildman–Crippen MR) is 40.7 cm³/mol. The van der Waals surface area contributed by atoms with Gasteiger partial charge < -0.3 is 0 Å². The first-order valence-corrected chi connectivity index (χ1v) is 3.81. The molecule has 0 spiro atoms. The lowest BCUT2D eigenvalue weighted by molar-refractivity contribution is 0.560. The van der Waals surface area contributed by atoms with E-state index in [1.807, 2.05) is 18.2 Å². The number of rotatable bonds is 3. The number of aromatic nitrogens is 1. The van der Waals surface area contributed by atoms with E-state index in [1.165, 1.54) is 11.8 Å². The van der Waals surface area contributed by atoms with E-state index < -0.39 is 0 Å². The fourth-order valence-corrected chi connectivity index (χ4v) is 1.05. The van der Waals surface area contributed by atoms with Gasteiger partial charge in [-0.05, 0) is 12.1 Å². The molecule has 51 valence electrons. The van der Waals surface area contributed by atoms with Gasteiger partial charge >= 0.3 is 0 Å². The molecule has 10 heavy (non-hydrogen) atoms. The molecule has 0 aliphatic rings. The number of hydrogen-bond acceptors (Lipinski definition) is 3. The summed E-state index contributed by atoms with van der Waals surface area (Å²) in [4.78, 5) is 13.8. The van der Waals surface area contributed by atoms with Gasteiger partial charge in [-0.2, -0.15) is 0 Å². The minimum Gasteiger partial charge on any atom is -0.290 e. The van der Waals surface area contributed by atoms with E-state index in [-0.39, 0.29) is 0 Å². The summed E-state index contributed by atoms with van der Waals surface area (Å²) in [5.74, 6) is 0.358. The second-order valence-corrected chi connectivity index (χ2v) is 2.60. The highest BCUT2D eigenvalue weighted by molar-refractivity contribution is 7.99. The molecule has 0 saturated heterocycles. The maximum Gasteiger partial charge on any atom is 0.209 e. The first-order chi connectivity index (χ1) is 4.93. The second-order valence-electron chi connectivity index (χ2n) is 1.60. The standard InChI is InChI=1S/C7H6NOS/c9-5-6-10-7-3-1-2-4-8-7/h1-4H,6H2. The molecule has 0 unspecified atom stereocenters. The van der Waals surface area contributed by atoms with Gasteiger partial charge in [-0.3, -0.25) is 4.79 Å². The monoisotopic (exact) mass is 152 g/mol. The number of thioether (sulfide) groups is 1. The molecule has 0 fully saturated rings. The zero-order chi connectivity index (χ0) is 7.23. The lowest BCUT2D eigenvalue weighted by atomic mass is 10.5. The highest BCUT2D eigenvalue weighted by Gasteiger charge is 1.90. The molecule has 1 radical (unpaired) electrons. The van der Waals surface area contributed by atoms with Gasteiger partial charge in [0.25, 0.3) is 0 Å². The lowest BCUT2D eigenvalue weighted by Crippen LogP contribution is -1.80. The smallest absolute Gasteiger partial charge is 0.209 e. The molecule has 1 aromatic heterocycles. The summed E-state index contributed by atoms with van der Waals surface area (Å²) in [6, 6.07) is 5.59. The highest BCUT2D eigenvalue weighted by Crippen LogP contribution is 2.11. The van der Waals surface area contributed by atoms with E-state index in [1.54, 1.807) is 12.5 Å². The summed E-state index contributed by atoms with van der Waals surface area (Å²) in [6.07, 6.45) is 3.49. The molecule has 0 aliphatic carbocycles. The van der Waals surface area contributed by atoms with Crippen LogP contribution >= 0.6 is 11.8 Å². The average molecular weight is 152 g/mol. The Morgan fingerprint density at radius 2 is 2.50 bits per heavy atom. The van der Waals surface area contributed by atoms with Gasteiger partial charge in [0.05, 0.1) is 10.8 Å². The average Bonchev–Trinajstić information content (AvgIpc) is 2.03. The topological polar surface area (TPSA) is 30.0 Å². The Kier molecular flexibility index (Phi) is 2.96. The van der Waals surface area contributed by atoms with Crippen molar-refractivity contribution in [2.24, 2.45) is 0 Å². The van der Waals surface area contributed by atoms with E-state index in [4.69, 9.17) is 0 Å². The molecule has 0 amide bonds. The van der Waals surface area contributed by atoms with Crippen molar-refractivity contribution >= 4 is 18.0 Å². The molecule has 0 N–H and O–H groups in total. The molecule has 0 aliphatic heterocycles. The van der Waals surface area contributed by atoms with Crippen LogP contribution in [-0.2, 0) is 4.79 Å². The number of hydrogen-bond donors (Lipinski definition) is 0. The van der Waals surface area contributed by atoms with E-state index in [9.17, 15) is 4.79 Å². The van der Waals surface area contributed by atoms with Gasteiger partial charge in [0, 0.05) is 6.20 Å². The summed E-state index contributed by atoms with van der Waals surface area (Å²) in [5, 5.41) is 0.867. The highest BCUT2D eigenvalue weighted by atomic mass is 32.2. The van der Waals surface area contributed by atoms with Crippen LogP contribution in [0.2, 0.25) is 0 Å². The van der Waals surface area contributed by atoms with Crippen molar-refractivity contribution in [2.45, 2.75) is 5.03 Å². The van der Waals surface area contributed by atoms with Crippen molar-refractivity contribution in [3.8, 4) is 0 Å². The summed E-state index contributed by atoms with van der Waals surface area (Å²) in [5.41, 5.74) is 0. The summed E-state index contributed by atoms with van der Waals surface area (Å²) in [7, 11) is 0. The van der Waals surface area contributed by atoms with Crippen LogP contribution in [0.1, 0.15) is 0 Å². The summed E-state index contributed by atoms with van der Waals surface area (Å²) < 4.78 is 0. The van der Waals surface area contributed by atoms with Crippen LogP contribution in [0.15, 0.2) is 29.4 Å². The predicted octanol–water partition coefficient (Wildman–Crippen LogP) is 1.28.